The fraction of sp³-hybridized carbons (Fsp3) is 0.617. The summed E-state index contributed by atoms with van der Waals surface area (Å²) in [6.45, 7) is 17.5. The first-order chi connectivity index (χ1) is 29.7. The molecule has 3 aromatic carbocycles. The summed E-state index contributed by atoms with van der Waals surface area (Å²) in [5.41, 5.74) is 3.88. The molecule has 2 aliphatic heterocycles. The SMILES string of the molecule is CCO.OCCOCCOCCOCCC1CN(Cc2ccccc2)CCO1.c1ccc(COCCOCCOCCOCCC2CN(Cc3ccccc3)CCO2)cc1. The third-order valence-electron chi connectivity index (χ3n) is 9.32. The second-order valence-corrected chi connectivity index (χ2v) is 14.3. The summed E-state index contributed by atoms with van der Waals surface area (Å²) in [6.07, 6.45) is 2.30. The summed E-state index contributed by atoms with van der Waals surface area (Å²) < 4.78 is 50.2. The fourth-order valence-electron chi connectivity index (χ4n) is 6.34. The van der Waals surface area contributed by atoms with E-state index >= 15 is 0 Å². The largest absolute Gasteiger partial charge is 0.397 e. The lowest BCUT2D eigenvalue weighted by atomic mass is 10.1. The zero-order chi connectivity index (χ0) is 42.4. The Hall–Kier alpha value is -2.86. The van der Waals surface area contributed by atoms with Crippen LogP contribution in [0.4, 0.5) is 0 Å². The first-order valence-electron chi connectivity index (χ1n) is 21.8. The number of ether oxygens (including phenoxy) is 9. The Bertz CT molecular complexity index is 1350. The van der Waals surface area contributed by atoms with Gasteiger partial charge in [0.05, 0.1) is 111 Å². The first kappa shape index (κ1) is 51.5. The van der Waals surface area contributed by atoms with Crippen LogP contribution in [0.1, 0.15) is 36.5 Å². The highest BCUT2D eigenvalue weighted by Gasteiger charge is 2.21. The maximum Gasteiger partial charge on any atom is 0.0724 e. The van der Waals surface area contributed by atoms with Crippen molar-refractivity contribution in [2.24, 2.45) is 0 Å². The van der Waals surface area contributed by atoms with Crippen LogP contribution in [0.2, 0.25) is 0 Å². The zero-order valence-electron chi connectivity index (χ0n) is 36.2. The van der Waals surface area contributed by atoms with Crippen LogP contribution in [0.25, 0.3) is 0 Å². The molecule has 2 atom stereocenters. The van der Waals surface area contributed by atoms with Crippen molar-refractivity contribution in [1.29, 1.82) is 0 Å². The summed E-state index contributed by atoms with van der Waals surface area (Å²) in [6, 6.07) is 31.3. The minimum atomic E-state index is 0.0507. The third kappa shape index (κ3) is 27.2. The second kappa shape index (κ2) is 36.8. The standard InChI is InChI=1S/C26H37NO5.C19H31NO5.C2H6O/c1-3-7-24(8-4-1)21-27-12-14-32-26(22-27)11-13-28-15-16-29-17-18-30-19-20-31-23-25-9-5-2-6-10-25;21-8-11-23-13-15-24-14-12-22-9-6-19-17-20(7-10-25-19)16-18-4-2-1-3-5-18;1-2-3/h1-10,26H,11-23H2;1-5,19,21H,6-17H2;3H,2H2,1H3. The summed E-state index contributed by atoms with van der Waals surface area (Å²) in [5, 5.41) is 16.1. The molecule has 0 amide bonds. The molecule has 0 aliphatic carbocycles. The molecule has 0 aromatic heterocycles. The molecule has 2 saturated heterocycles. The zero-order valence-corrected chi connectivity index (χ0v) is 36.2. The molecule has 13 nitrogen and oxygen atoms in total. The summed E-state index contributed by atoms with van der Waals surface area (Å²) >= 11 is 0. The van der Waals surface area contributed by atoms with Gasteiger partial charge in [0.25, 0.3) is 0 Å². The van der Waals surface area contributed by atoms with Gasteiger partial charge in [-0.2, -0.15) is 0 Å². The molecule has 0 radical (unpaired) electrons. The monoisotopic (exact) mass is 843 g/mol. The normalized spacial score (nSPS) is 17.1. The van der Waals surface area contributed by atoms with Crippen molar-refractivity contribution in [2.45, 2.75) is 51.7 Å². The minimum absolute atomic E-state index is 0.0507. The van der Waals surface area contributed by atoms with Gasteiger partial charge in [-0.05, 0) is 36.5 Å². The summed E-state index contributed by atoms with van der Waals surface area (Å²) in [4.78, 5) is 4.90. The number of nitrogens with zero attached hydrogens (tertiary/aromatic N) is 2. The van der Waals surface area contributed by atoms with Gasteiger partial charge in [-0.15, -0.1) is 0 Å². The van der Waals surface area contributed by atoms with Gasteiger partial charge in [0.1, 0.15) is 0 Å². The van der Waals surface area contributed by atoms with Crippen molar-refractivity contribution in [1.82, 2.24) is 9.80 Å². The van der Waals surface area contributed by atoms with Crippen molar-refractivity contribution in [3.05, 3.63) is 108 Å². The Morgan fingerprint density at radius 3 is 1.18 bits per heavy atom. The highest BCUT2D eigenvalue weighted by molar-refractivity contribution is 5.15. The van der Waals surface area contributed by atoms with Gasteiger partial charge in [-0.3, -0.25) is 9.80 Å². The highest BCUT2D eigenvalue weighted by atomic mass is 16.6. The quantitative estimate of drug-likeness (QED) is 0.0925. The van der Waals surface area contributed by atoms with Crippen molar-refractivity contribution >= 4 is 0 Å². The third-order valence-corrected chi connectivity index (χ3v) is 9.32. The van der Waals surface area contributed by atoms with E-state index in [-0.39, 0.29) is 25.4 Å². The van der Waals surface area contributed by atoms with Gasteiger partial charge in [-0.25, -0.2) is 0 Å². The number of aliphatic hydroxyl groups excluding tert-OH is 2. The molecule has 2 unspecified atom stereocenters. The van der Waals surface area contributed by atoms with Crippen LogP contribution in [-0.2, 0) is 62.3 Å². The number of morpholine rings is 2. The molecule has 3 aromatic rings. The van der Waals surface area contributed by atoms with Crippen molar-refractivity contribution < 1.29 is 52.8 Å². The van der Waals surface area contributed by atoms with E-state index in [4.69, 9.17) is 52.8 Å². The van der Waals surface area contributed by atoms with Gasteiger partial charge in [0.15, 0.2) is 0 Å². The molecular weight excluding hydrogens is 769 g/mol. The topological polar surface area (TPSA) is 130 Å². The van der Waals surface area contributed by atoms with Crippen molar-refractivity contribution in [3.63, 3.8) is 0 Å². The lowest BCUT2D eigenvalue weighted by molar-refractivity contribution is -0.0506. The molecule has 60 heavy (non-hydrogen) atoms. The molecular formula is C47H74N2O11. The average molecular weight is 843 g/mol. The van der Waals surface area contributed by atoms with E-state index in [1.165, 1.54) is 16.7 Å². The highest BCUT2D eigenvalue weighted by Crippen LogP contribution is 2.14. The van der Waals surface area contributed by atoms with E-state index in [0.717, 1.165) is 65.3 Å². The number of benzene rings is 3. The summed E-state index contributed by atoms with van der Waals surface area (Å²) in [5.74, 6) is 0. The maximum atomic E-state index is 8.56. The van der Waals surface area contributed by atoms with Crippen LogP contribution < -0.4 is 0 Å². The molecule has 0 bridgehead atoms. The Kier molecular flexibility index (Phi) is 31.5. The average Bonchev–Trinajstić information content (AvgIpc) is 3.28. The molecule has 0 saturated carbocycles. The van der Waals surface area contributed by atoms with Gasteiger partial charge >= 0.3 is 0 Å². The number of hydrogen-bond donors (Lipinski definition) is 2. The molecule has 5 rings (SSSR count). The Morgan fingerprint density at radius 2 is 0.800 bits per heavy atom. The van der Waals surface area contributed by atoms with Crippen LogP contribution in [0, 0.1) is 0 Å². The van der Waals surface area contributed by atoms with E-state index in [2.05, 4.69) is 82.6 Å². The Balaban J connectivity index is 0.000000309. The second-order valence-electron chi connectivity index (χ2n) is 14.3. The van der Waals surface area contributed by atoms with Gasteiger partial charge < -0.3 is 52.8 Å². The molecule has 13 heteroatoms. The molecule has 338 valence electrons. The minimum Gasteiger partial charge on any atom is -0.397 e. The molecule has 2 heterocycles. The van der Waals surface area contributed by atoms with Crippen molar-refractivity contribution in [3.8, 4) is 0 Å². The predicted octanol–water partition coefficient (Wildman–Crippen LogP) is 4.86. The van der Waals surface area contributed by atoms with E-state index in [1.807, 2.05) is 18.2 Å². The van der Waals surface area contributed by atoms with E-state index in [1.54, 1.807) is 6.92 Å². The van der Waals surface area contributed by atoms with Gasteiger partial charge in [-0.1, -0.05) is 91.0 Å². The van der Waals surface area contributed by atoms with Crippen molar-refractivity contribution in [2.75, 3.05) is 138 Å². The molecule has 2 fully saturated rings. The predicted molar refractivity (Wildman–Crippen MR) is 233 cm³/mol. The van der Waals surface area contributed by atoms with E-state index in [0.29, 0.717) is 92.5 Å². The smallest absolute Gasteiger partial charge is 0.0724 e. The van der Waals surface area contributed by atoms with Crippen LogP contribution in [0.5, 0.6) is 0 Å². The lowest BCUT2D eigenvalue weighted by Gasteiger charge is -2.33. The summed E-state index contributed by atoms with van der Waals surface area (Å²) in [7, 11) is 0. The van der Waals surface area contributed by atoms with Crippen LogP contribution in [0.3, 0.4) is 0 Å². The molecule has 2 N–H and O–H groups in total. The lowest BCUT2D eigenvalue weighted by Crippen LogP contribution is -2.42. The molecule has 2 aliphatic rings. The van der Waals surface area contributed by atoms with Crippen LogP contribution >= 0.6 is 0 Å². The number of rotatable bonds is 29. The van der Waals surface area contributed by atoms with Crippen LogP contribution in [0.15, 0.2) is 91.0 Å². The Labute approximate surface area is 359 Å². The molecule has 0 spiro atoms. The van der Waals surface area contributed by atoms with Gasteiger partial charge in [0.2, 0.25) is 0 Å². The Morgan fingerprint density at radius 1 is 0.467 bits per heavy atom. The number of aliphatic hydroxyl groups is 2. The van der Waals surface area contributed by atoms with E-state index in [9.17, 15) is 0 Å². The van der Waals surface area contributed by atoms with E-state index < -0.39 is 0 Å². The maximum absolute atomic E-state index is 8.56. The fourth-order valence-corrected chi connectivity index (χ4v) is 6.34. The van der Waals surface area contributed by atoms with Crippen LogP contribution in [-0.4, -0.2) is 171 Å². The van der Waals surface area contributed by atoms with Gasteiger partial charge in [0, 0.05) is 59.1 Å². The first-order valence-corrected chi connectivity index (χ1v) is 21.8. The number of hydrogen-bond acceptors (Lipinski definition) is 13.